The molecule has 0 spiro atoms. The molecule has 8 nitrogen and oxygen atoms in total. The van der Waals surface area contributed by atoms with Crippen LogP contribution in [0.3, 0.4) is 0 Å². The number of hydrogen-bond acceptors (Lipinski definition) is 7. The van der Waals surface area contributed by atoms with Crippen molar-refractivity contribution in [2.24, 2.45) is 5.92 Å². The van der Waals surface area contributed by atoms with Gasteiger partial charge in [0.05, 0.1) is 6.61 Å². The second-order valence-electron chi connectivity index (χ2n) is 9.03. The lowest BCUT2D eigenvalue weighted by Crippen LogP contribution is -2.50. The van der Waals surface area contributed by atoms with Crippen LogP contribution in [0.15, 0.2) is 24.5 Å². The zero-order valence-corrected chi connectivity index (χ0v) is 19.9. The normalized spacial score (nSPS) is 24.9. The molecule has 1 aromatic heterocycles. The average molecular weight is 452 g/mol. The van der Waals surface area contributed by atoms with Crippen LogP contribution in [0.5, 0.6) is 0 Å². The number of aromatic nitrogens is 1. The first kappa shape index (κ1) is 26.7. The number of carbonyl (C=O) groups excluding carboxylic acids is 1. The highest BCUT2D eigenvalue weighted by molar-refractivity contribution is 5.73. The molecule has 2 N–H and O–H groups in total. The number of nitrogens with zero attached hydrogens (tertiary/aromatic N) is 3. The maximum Gasteiger partial charge on any atom is 0.219 e. The lowest BCUT2D eigenvalue weighted by Gasteiger charge is -2.33. The van der Waals surface area contributed by atoms with Crippen molar-refractivity contribution in [2.45, 2.75) is 64.9 Å². The quantitative estimate of drug-likeness (QED) is 0.680. The van der Waals surface area contributed by atoms with E-state index in [-0.39, 0.29) is 19.1 Å². The molecule has 0 unspecified atom stereocenters. The van der Waals surface area contributed by atoms with Crippen LogP contribution in [0.25, 0.3) is 0 Å². The SMILES string of the molecule is CC(=O)N1CCN(Cc2cccnc2)CCCCOC[C@@H](O)[C@@H](O)[C@H](OCCC(C)C)C1. The molecule has 32 heavy (non-hydrogen) atoms. The van der Waals surface area contributed by atoms with E-state index in [1.165, 1.54) is 6.92 Å². The summed E-state index contributed by atoms with van der Waals surface area (Å²) >= 11 is 0. The fourth-order valence-electron chi connectivity index (χ4n) is 3.68. The summed E-state index contributed by atoms with van der Waals surface area (Å²) in [4.78, 5) is 20.6. The minimum Gasteiger partial charge on any atom is -0.388 e. The van der Waals surface area contributed by atoms with Crippen molar-refractivity contribution in [1.29, 1.82) is 0 Å². The Bertz CT molecular complexity index is 646. The van der Waals surface area contributed by atoms with Gasteiger partial charge in [-0.2, -0.15) is 0 Å². The van der Waals surface area contributed by atoms with E-state index in [1.807, 2.05) is 12.3 Å². The number of carbonyl (C=O) groups is 1. The van der Waals surface area contributed by atoms with Crippen molar-refractivity contribution in [1.82, 2.24) is 14.8 Å². The number of hydrogen-bond donors (Lipinski definition) is 2. The van der Waals surface area contributed by atoms with Crippen molar-refractivity contribution >= 4 is 5.91 Å². The first-order valence-electron chi connectivity index (χ1n) is 11.8. The zero-order chi connectivity index (χ0) is 23.3. The second-order valence-corrected chi connectivity index (χ2v) is 9.03. The largest absolute Gasteiger partial charge is 0.388 e. The molecule has 1 aromatic rings. The van der Waals surface area contributed by atoms with Crippen molar-refractivity contribution in [3.05, 3.63) is 30.1 Å². The Morgan fingerprint density at radius 1 is 1.28 bits per heavy atom. The Morgan fingerprint density at radius 2 is 2.09 bits per heavy atom. The number of ether oxygens (including phenoxy) is 2. The van der Waals surface area contributed by atoms with Gasteiger partial charge in [0, 0.05) is 58.7 Å². The first-order chi connectivity index (χ1) is 15.4. The predicted molar refractivity (Wildman–Crippen MR) is 123 cm³/mol. The smallest absolute Gasteiger partial charge is 0.219 e. The summed E-state index contributed by atoms with van der Waals surface area (Å²) in [7, 11) is 0. The molecule has 182 valence electrons. The minimum atomic E-state index is -1.13. The molecule has 0 bridgehead atoms. The predicted octanol–water partition coefficient (Wildman–Crippen LogP) is 1.70. The van der Waals surface area contributed by atoms with Crippen LogP contribution in [0.2, 0.25) is 0 Å². The zero-order valence-electron chi connectivity index (χ0n) is 19.9. The Morgan fingerprint density at radius 3 is 2.78 bits per heavy atom. The van der Waals surface area contributed by atoms with E-state index in [1.54, 1.807) is 11.1 Å². The molecule has 0 aliphatic carbocycles. The molecule has 1 fully saturated rings. The summed E-state index contributed by atoms with van der Waals surface area (Å²) in [5.41, 5.74) is 1.13. The molecule has 0 radical (unpaired) electrons. The van der Waals surface area contributed by atoms with E-state index in [4.69, 9.17) is 9.47 Å². The van der Waals surface area contributed by atoms with Gasteiger partial charge in [0.15, 0.2) is 0 Å². The van der Waals surface area contributed by atoms with Crippen molar-refractivity contribution in [2.75, 3.05) is 46.0 Å². The highest BCUT2D eigenvalue weighted by atomic mass is 16.5. The fourth-order valence-corrected chi connectivity index (χ4v) is 3.68. The highest BCUT2D eigenvalue weighted by Gasteiger charge is 2.30. The molecule has 1 aliphatic rings. The van der Waals surface area contributed by atoms with Crippen molar-refractivity contribution < 1.29 is 24.5 Å². The Labute approximate surface area is 192 Å². The van der Waals surface area contributed by atoms with E-state index in [0.29, 0.717) is 32.2 Å². The summed E-state index contributed by atoms with van der Waals surface area (Å²) in [5.74, 6) is 0.387. The molecule has 2 rings (SSSR count). The van der Waals surface area contributed by atoms with E-state index in [9.17, 15) is 15.0 Å². The van der Waals surface area contributed by atoms with Gasteiger partial charge in [-0.1, -0.05) is 19.9 Å². The van der Waals surface area contributed by atoms with E-state index in [0.717, 1.165) is 37.9 Å². The third-order valence-electron chi connectivity index (χ3n) is 5.76. The number of aliphatic hydroxyl groups excluding tert-OH is 2. The van der Waals surface area contributed by atoms with Gasteiger partial charge in [-0.15, -0.1) is 0 Å². The summed E-state index contributed by atoms with van der Waals surface area (Å²) < 4.78 is 11.6. The van der Waals surface area contributed by atoms with Crippen molar-refractivity contribution in [3.8, 4) is 0 Å². The third-order valence-corrected chi connectivity index (χ3v) is 5.76. The van der Waals surface area contributed by atoms with Crippen molar-refractivity contribution in [3.63, 3.8) is 0 Å². The van der Waals surface area contributed by atoms with Crippen LogP contribution >= 0.6 is 0 Å². The van der Waals surface area contributed by atoms with Crippen LogP contribution in [-0.2, 0) is 20.8 Å². The van der Waals surface area contributed by atoms with Crippen LogP contribution in [0.1, 0.15) is 45.6 Å². The maximum absolute atomic E-state index is 12.4. The number of pyridine rings is 1. The lowest BCUT2D eigenvalue weighted by atomic mass is 10.1. The first-order valence-corrected chi connectivity index (χ1v) is 11.8. The summed E-state index contributed by atoms with van der Waals surface area (Å²) in [6.07, 6.45) is 3.42. The number of aliphatic hydroxyl groups is 2. The van der Waals surface area contributed by atoms with Gasteiger partial charge in [0.2, 0.25) is 5.91 Å². The summed E-state index contributed by atoms with van der Waals surface area (Å²) in [5, 5.41) is 21.2. The second kappa shape index (κ2) is 14.5. The van der Waals surface area contributed by atoms with E-state index >= 15 is 0 Å². The van der Waals surface area contributed by atoms with Crippen LogP contribution in [-0.4, -0.2) is 95.2 Å². The molecular weight excluding hydrogens is 410 g/mol. The molecule has 8 heteroatoms. The van der Waals surface area contributed by atoms with Gasteiger partial charge in [-0.05, 0) is 43.4 Å². The third kappa shape index (κ3) is 9.92. The Kier molecular flexibility index (Phi) is 12.1. The molecule has 1 amide bonds. The van der Waals surface area contributed by atoms with E-state index < -0.39 is 18.3 Å². The Hall–Kier alpha value is -1.58. The topological polar surface area (TPSA) is 95.4 Å². The van der Waals surface area contributed by atoms with Gasteiger partial charge in [0.25, 0.3) is 0 Å². The molecule has 1 aliphatic heterocycles. The molecule has 0 saturated carbocycles. The summed E-state index contributed by atoms with van der Waals surface area (Å²) in [6, 6.07) is 3.99. The number of amides is 1. The standard InChI is InChI=1S/C24H41N3O5/c1-19(2)8-14-32-23-17-27(20(3)28)12-11-26(16-21-7-6-9-25-15-21)10-4-5-13-31-18-22(29)24(23)30/h6-7,9,15,19,22-24,29-30H,4-5,8,10-14,16-18H2,1-3H3/t22-,23-,24-/m1/s1. The highest BCUT2D eigenvalue weighted by Crippen LogP contribution is 2.13. The molecule has 0 aromatic carbocycles. The van der Waals surface area contributed by atoms with Gasteiger partial charge >= 0.3 is 0 Å². The van der Waals surface area contributed by atoms with Gasteiger partial charge in [-0.3, -0.25) is 14.7 Å². The molecule has 1 saturated heterocycles. The van der Waals surface area contributed by atoms with Crippen LogP contribution in [0.4, 0.5) is 0 Å². The van der Waals surface area contributed by atoms with Crippen LogP contribution < -0.4 is 0 Å². The fraction of sp³-hybridized carbons (Fsp3) is 0.750. The van der Waals surface area contributed by atoms with Crippen LogP contribution in [0, 0.1) is 5.92 Å². The molecular formula is C24H41N3O5. The molecule has 2 heterocycles. The Balaban J connectivity index is 2.10. The number of rotatable bonds is 6. The van der Waals surface area contributed by atoms with E-state index in [2.05, 4.69) is 29.8 Å². The van der Waals surface area contributed by atoms with Gasteiger partial charge in [-0.25, -0.2) is 0 Å². The monoisotopic (exact) mass is 451 g/mol. The van der Waals surface area contributed by atoms with Gasteiger partial charge in [0.1, 0.15) is 18.3 Å². The lowest BCUT2D eigenvalue weighted by molar-refractivity contribution is -0.140. The average Bonchev–Trinajstić information content (AvgIpc) is 2.76. The van der Waals surface area contributed by atoms with Gasteiger partial charge < -0.3 is 24.6 Å². The summed E-state index contributed by atoms with van der Waals surface area (Å²) in [6.45, 7) is 9.88. The maximum atomic E-state index is 12.4. The molecule has 3 atom stereocenters. The minimum absolute atomic E-state index is 0.0463.